The fraction of sp³-hybridized carbons (Fsp3) is 0.455. The van der Waals surface area contributed by atoms with Crippen molar-refractivity contribution < 1.29 is 9.59 Å². The topological polar surface area (TPSA) is 68.3 Å². The lowest BCUT2D eigenvalue weighted by Crippen LogP contribution is -2.42. The average molecular weight is 365 g/mol. The number of aryl methyl sites for hydroxylation is 3. The molecule has 27 heavy (non-hydrogen) atoms. The van der Waals surface area contributed by atoms with Gasteiger partial charge in [-0.2, -0.15) is 0 Å². The zero-order valence-corrected chi connectivity index (χ0v) is 16.1. The summed E-state index contributed by atoms with van der Waals surface area (Å²) in [5.41, 5.74) is 12.2. The van der Waals surface area contributed by atoms with E-state index < -0.39 is 0 Å². The van der Waals surface area contributed by atoms with Gasteiger partial charge in [0.15, 0.2) is 5.78 Å². The summed E-state index contributed by atoms with van der Waals surface area (Å²) in [7, 11) is 0. The monoisotopic (exact) mass is 365 g/mol. The van der Waals surface area contributed by atoms with Gasteiger partial charge in [-0.25, -0.2) is 0 Å². The van der Waals surface area contributed by atoms with Crippen LogP contribution in [0, 0.1) is 13.8 Å². The van der Waals surface area contributed by atoms with Crippen LogP contribution in [0.4, 0.5) is 0 Å². The van der Waals surface area contributed by atoms with E-state index in [9.17, 15) is 9.59 Å². The number of rotatable bonds is 5. The van der Waals surface area contributed by atoms with Crippen molar-refractivity contribution in [3.8, 4) is 5.69 Å². The first-order chi connectivity index (χ1) is 13.0. The van der Waals surface area contributed by atoms with Gasteiger partial charge in [0.2, 0.25) is 5.91 Å². The van der Waals surface area contributed by atoms with Crippen molar-refractivity contribution >= 4 is 11.7 Å². The van der Waals surface area contributed by atoms with Gasteiger partial charge in [0, 0.05) is 22.6 Å². The largest absolute Gasteiger partial charge is 0.368 e. The Bertz CT molecular complexity index is 913. The van der Waals surface area contributed by atoms with Crippen molar-refractivity contribution in [2.45, 2.75) is 52.0 Å². The molecule has 1 unspecified atom stereocenters. The Morgan fingerprint density at radius 2 is 1.89 bits per heavy atom. The van der Waals surface area contributed by atoms with Crippen LogP contribution in [0.15, 0.2) is 24.3 Å². The van der Waals surface area contributed by atoms with E-state index in [1.807, 2.05) is 24.8 Å². The maximum absolute atomic E-state index is 13.0. The number of nitrogens with zero attached hydrogens (tertiary/aromatic N) is 2. The quantitative estimate of drug-likeness (QED) is 0.829. The molecule has 1 aromatic carbocycles. The lowest BCUT2D eigenvalue weighted by atomic mass is 10.1. The Hall–Kier alpha value is -2.40. The first-order valence-electron chi connectivity index (χ1n) is 9.83. The molecule has 2 aliphatic rings. The third kappa shape index (κ3) is 3.21. The molecule has 5 nitrogen and oxygen atoms in total. The maximum atomic E-state index is 13.0. The van der Waals surface area contributed by atoms with Crippen LogP contribution >= 0.6 is 0 Å². The highest BCUT2D eigenvalue weighted by Gasteiger charge is 2.31. The lowest BCUT2D eigenvalue weighted by molar-refractivity contribution is -0.122. The summed E-state index contributed by atoms with van der Waals surface area (Å²) in [5, 5.41) is 0. The summed E-state index contributed by atoms with van der Waals surface area (Å²) in [6.45, 7) is 5.05. The smallest absolute Gasteiger partial charge is 0.234 e. The third-order valence-corrected chi connectivity index (χ3v) is 6.11. The number of carbonyl (C=O) groups is 2. The molecule has 1 atom stereocenters. The molecule has 1 aliphatic heterocycles. The maximum Gasteiger partial charge on any atom is 0.234 e. The molecule has 2 aromatic rings. The first kappa shape index (κ1) is 18.0. The number of benzene rings is 1. The number of fused-ring (bicyclic) bond motifs is 1. The van der Waals surface area contributed by atoms with Gasteiger partial charge in [0.1, 0.15) is 0 Å². The van der Waals surface area contributed by atoms with Crippen molar-refractivity contribution in [1.29, 1.82) is 0 Å². The van der Waals surface area contributed by atoms with Gasteiger partial charge >= 0.3 is 0 Å². The Morgan fingerprint density at radius 3 is 2.67 bits per heavy atom. The number of aromatic nitrogens is 1. The summed E-state index contributed by atoms with van der Waals surface area (Å²) in [6, 6.07) is 8.30. The number of hydrogen-bond acceptors (Lipinski definition) is 3. The molecule has 1 fully saturated rings. The summed E-state index contributed by atoms with van der Waals surface area (Å²) in [5.74, 6) is -0.271. The molecule has 1 amide bonds. The van der Waals surface area contributed by atoms with Crippen LogP contribution in [-0.2, 0) is 17.6 Å². The predicted molar refractivity (Wildman–Crippen MR) is 105 cm³/mol. The van der Waals surface area contributed by atoms with Crippen LogP contribution < -0.4 is 5.73 Å². The van der Waals surface area contributed by atoms with Crippen molar-refractivity contribution in [3.63, 3.8) is 0 Å². The summed E-state index contributed by atoms with van der Waals surface area (Å²) < 4.78 is 2.17. The van der Waals surface area contributed by atoms with Gasteiger partial charge in [-0.05, 0) is 81.8 Å². The van der Waals surface area contributed by atoms with Gasteiger partial charge in [-0.15, -0.1) is 0 Å². The number of amides is 1. The van der Waals surface area contributed by atoms with E-state index in [2.05, 4.69) is 22.8 Å². The minimum Gasteiger partial charge on any atom is -0.368 e. The standard InChI is InChI=1S/C22H27N3O2/c1-14-11-19(21(26)13-24-10-4-7-20(24)22(23)27)15(2)25(14)18-9-8-16-5-3-6-17(16)12-18/h8-9,11-12,20H,3-7,10,13H2,1-2H3,(H2,23,27). The fourth-order valence-electron chi connectivity index (χ4n) is 4.75. The van der Waals surface area contributed by atoms with Crippen LogP contribution in [-0.4, -0.2) is 40.3 Å². The first-order valence-corrected chi connectivity index (χ1v) is 9.83. The van der Waals surface area contributed by atoms with Crippen LogP contribution in [0.25, 0.3) is 5.69 Å². The molecular weight excluding hydrogens is 338 g/mol. The Balaban J connectivity index is 1.61. The summed E-state index contributed by atoms with van der Waals surface area (Å²) in [6.07, 6.45) is 5.19. The zero-order chi connectivity index (χ0) is 19.1. The van der Waals surface area contributed by atoms with Gasteiger partial charge in [-0.1, -0.05) is 6.07 Å². The van der Waals surface area contributed by atoms with Crippen LogP contribution in [0.2, 0.25) is 0 Å². The van der Waals surface area contributed by atoms with Crippen LogP contribution in [0.1, 0.15) is 52.1 Å². The number of Topliss-reactive ketones (excluding diaryl/α,β-unsaturated/α-hetero) is 1. The van der Waals surface area contributed by atoms with Gasteiger partial charge in [0.25, 0.3) is 0 Å². The van der Waals surface area contributed by atoms with Gasteiger partial charge < -0.3 is 10.3 Å². The highest BCUT2D eigenvalue weighted by Crippen LogP contribution is 2.28. The van der Waals surface area contributed by atoms with Crippen molar-refractivity contribution in [2.24, 2.45) is 5.73 Å². The number of carbonyl (C=O) groups excluding carboxylic acids is 2. The molecule has 1 aromatic heterocycles. The second-order valence-corrected chi connectivity index (χ2v) is 7.88. The van der Waals surface area contributed by atoms with Gasteiger partial charge in [0.05, 0.1) is 12.6 Å². The Kier molecular flexibility index (Phi) is 4.64. The zero-order valence-electron chi connectivity index (χ0n) is 16.1. The second-order valence-electron chi connectivity index (χ2n) is 7.88. The molecule has 5 heteroatoms. The second kappa shape index (κ2) is 6.97. The molecule has 4 rings (SSSR count). The molecule has 1 aliphatic carbocycles. The highest BCUT2D eigenvalue weighted by atomic mass is 16.1. The van der Waals surface area contributed by atoms with E-state index in [0.29, 0.717) is 0 Å². The Labute approximate surface area is 160 Å². The molecule has 0 spiro atoms. The predicted octanol–water partition coefficient (Wildman–Crippen LogP) is 2.72. The molecule has 142 valence electrons. The molecule has 1 saturated heterocycles. The molecular formula is C22H27N3O2. The number of hydrogen-bond donors (Lipinski definition) is 1. The van der Waals surface area contributed by atoms with E-state index in [0.717, 1.165) is 48.4 Å². The summed E-state index contributed by atoms with van der Waals surface area (Å²) >= 11 is 0. The van der Waals surface area contributed by atoms with Crippen LogP contribution in [0.3, 0.4) is 0 Å². The molecule has 0 radical (unpaired) electrons. The Morgan fingerprint density at radius 1 is 1.11 bits per heavy atom. The number of likely N-dealkylation sites (tertiary alicyclic amines) is 1. The van der Waals surface area contributed by atoms with Crippen molar-refractivity contribution in [2.75, 3.05) is 13.1 Å². The number of primary amides is 1. The highest BCUT2D eigenvalue weighted by molar-refractivity contribution is 5.99. The molecule has 2 N–H and O–H groups in total. The van der Waals surface area contributed by atoms with Crippen molar-refractivity contribution in [1.82, 2.24) is 9.47 Å². The van der Waals surface area contributed by atoms with E-state index in [-0.39, 0.29) is 24.3 Å². The minimum atomic E-state index is -0.330. The normalized spacial score (nSPS) is 19.4. The SMILES string of the molecule is Cc1cc(C(=O)CN2CCCC2C(N)=O)c(C)n1-c1ccc2c(c1)CCC2. The third-order valence-electron chi connectivity index (χ3n) is 6.11. The van der Waals surface area contributed by atoms with Crippen molar-refractivity contribution in [3.05, 3.63) is 52.3 Å². The van der Waals surface area contributed by atoms with E-state index in [1.165, 1.54) is 24.0 Å². The molecule has 0 saturated carbocycles. The lowest BCUT2D eigenvalue weighted by Gasteiger charge is -2.20. The van der Waals surface area contributed by atoms with Crippen LogP contribution in [0.5, 0.6) is 0 Å². The molecule has 0 bridgehead atoms. The fourth-order valence-corrected chi connectivity index (χ4v) is 4.75. The minimum absolute atomic E-state index is 0.0589. The van der Waals surface area contributed by atoms with E-state index in [1.54, 1.807) is 0 Å². The van der Waals surface area contributed by atoms with E-state index >= 15 is 0 Å². The number of nitrogens with two attached hydrogens (primary N) is 1. The van der Waals surface area contributed by atoms with Gasteiger partial charge in [-0.3, -0.25) is 14.5 Å². The number of ketones is 1. The summed E-state index contributed by atoms with van der Waals surface area (Å²) in [4.78, 5) is 26.5. The molecule has 2 heterocycles. The average Bonchev–Trinajstić information content (AvgIpc) is 3.33. The van der Waals surface area contributed by atoms with E-state index in [4.69, 9.17) is 5.73 Å².